The minimum atomic E-state index is -0.488. The first-order valence-corrected chi connectivity index (χ1v) is 6.35. The smallest absolute Gasteiger partial charge is 0.407 e. The third-order valence-corrected chi connectivity index (χ3v) is 2.71. The molecule has 0 aliphatic carbocycles. The van der Waals surface area contributed by atoms with E-state index in [2.05, 4.69) is 5.32 Å². The maximum absolute atomic E-state index is 11.5. The van der Waals surface area contributed by atoms with E-state index in [4.69, 9.17) is 15.2 Å². The lowest BCUT2D eigenvalue weighted by atomic mass is 10.1. The Kier molecular flexibility index (Phi) is 3.55. The number of ether oxygens (including phenoxy) is 2. The minimum Gasteiger partial charge on any atom is -0.488 e. The summed E-state index contributed by atoms with van der Waals surface area (Å²) in [5.41, 5.74) is 7.01. The molecule has 1 atom stereocenters. The molecule has 1 aromatic carbocycles. The van der Waals surface area contributed by atoms with Gasteiger partial charge in [0, 0.05) is 18.2 Å². The topological polar surface area (TPSA) is 73.6 Å². The summed E-state index contributed by atoms with van der Waals surface area (Å²) < 4.78 is 10.9. The number of carbonyl (C=O) groups excluding carboxylic acids is 1. The monoisotopic (exact) mass is 264 g/mol. The van der Waals surface area contributed by atoms with Crippen molar-refractivity contribution in [3.05, 3.63) is 23.8 Å². The van der Waals surface area contributed by atoms with E-state index in [9.17, 15) is 4.79 Å². The fourth-order valence-corrected chi connectivity index (χ4v) is 1.94. The van der Waals surface area contributed by atoms with Crippen LogP contribution in [0.25, 0.3) is 0 Å². The van der Waals surface area contributed by atoms with Crippen molar-refractivity contribution < 1.29 is 14.3 Å². The summed E-state index contributed by atoms with van der Waals surface area (Å²) in [7, 11) is 0. The van der Waals surface area contributed by atoms with Crippen LogP contribution in [-0.2, 0) is 11.2 Å². The van der Waals surface area contributed by atoms with Crippen molar-refractivity contribution in [2.45, 2.75) is 38.9 Å². The molecule has 0 saturated carbocycles. The molecule has 5 heteroatoms. The maximum atomic E-state index is 11.5. The molecule has 0 saturated heterocycles. The lowest BCUT2D eigenvalue weighted by Gasteiger charge is -2.20. The van der Waals surface area contributed by atoms with Crippen LogP contribution in [0.3, 0.4) is 0 Å². The van der Waals surface area contributed by atoms with Gasteiger partial charge in [-0.3, -0.25) is 0 Å². The van der Waals surface area contributed by atoms with E-state index in [1.54, 1.807) is 0 Å². The number of rotatable bonds is 2. The summed E-state index contributed by atoms with van der Waals surface area (Å²) in [6.07, 6.45) is 0.279. The van der Waals surface area contributed by atoms with Gasteiger partial charge in [0.15, 0.2) is 0 Å². The highest BCUT2D eigenvalue weighted by atomic mass is 16.6. The largest absolute Gasteiger partial charge is 0.488 e. The number of anilines is 1. The van der Waals surface area contributed by atoms with Crippen LogP contribution in [0.15, 0.2) is 18.2 Å². The number of hydrogen-bond acceptors (Lipinski definition) is 4. The number of carbonyl (C=O) groups is 1. The minimum absolute atomic E-state index is 0.0654. The van der Waals surface area contributed by atoms with Crippen LogP contribution in [0.4, 0.5) is 10.5 Å². The highest BCUT2D eigenvalue weighted by Gasteiger charge is 2.24. The number of amides is 1. The van der Waals surface area contributed by atoms with Crippen LogP contribution in [0, 0.1) is 0 Å². The summed E-state index contributed by atoms with van der Waals surface area (Å²) in [5.74, 6) is 0.802. The summed E-state index contributed by atoms with van der Waals surface area (Å²) >= 11 is 0. The van der Waals surface area contributed by atoms with Crippen molar-refractivity contribution in [3.63, 3.8) is 0 Å². The second-order valence-electron chi connectivity index (χ2n) is 5.69. The van der Waals surface area contributed by atoms with Crippen LogP contribution in [0.1, 0.15) is 26.3 Å². The summed E-state index contributed by atoms with van der Waals surface area (Å²) in [4.78, 5) is 11.5. The second kappa shape index (κ2) is 4.99. The Hall–Kier alpha value is -1.91. The molecule has 0 spiro atoms. The predicted molar refractivity (Wildman–Crippen MR) is 73.2 cm³/mol. The quantitative estimate of drug-likeness (QED) is 0.802. The third kappa shape index (κ3) is 3.77. The fraction of sp³-hybridized carbons (Fsp3) is 0.500. The van der Waals surface area contributed by atoms with Crippen molar-refractivity contribution >= 4 is 11.8 Å². The molecule has 1 aliphatic heterocycles. The van der Waals surface area contributed by atoms with Gasteiger partial charge < -0.3 is 20.5 Å². The summed E-state index contributed by atoms with van der Waals surface area (Å²) in [6.45, 7) is 5.91. The van der Waals surface area contributed by atoms with Crippen LogP contribution in [0.5, 0.6) is 5.75 Å². The molecular formula is C14H20N2O3. The molecule has 0 unspecified atom stereocenters. The number of hydrogen-bond donors (Lipinski definition) is 2. The summed E-state index contributed by atoms with van der Waals surface area (Å²) in [6, 6.07) is 5.62. The zero-order valence-electron chi connectivity index (χ0n) is 11.5. The van der Waals surface area contributed by atoms with Crippen molar-refractivity contribution in [2.75, 3.05) is 12.3 Å². The molecule has 19 heavy (non-hydrogen) atoms. The van der Waals surface area contributed by atoms with Crippen LogP contribution in [0.2, 0.25) is 0 Å². The predicted octanol–water partition coefficient (Wildman–Crippen LogP) is 2.10. The maximum Gasteiger partial charge on any atom is 0.407 e. The number of benzene rings is 1. The van der Waals surface area contributed by atoms with Gasteiger partial charge in [0.25, 0.3) is 0 Å². The molecule has 2 rings (SSSR count). The Labute approximate surface area is 113 Å². The molecule has 0 fully saturated rings. The first-order valence-electron chi connectivity index (χ1n) is 6.35. The number of fused-ring (bicyclic) bond motifs is 1. The molecular weight excluding hydrogens is 244 g/mol. The van der Waals surface area contributed by atoms with Crippen LogP contribution >= 0.6 is 0 Å². The summed E-state index contributed by atoms with van der Waals surface area (Å²) in [5, 5.41) is 2.71. The van der Waals surface area contributed by atoms with E-state index in [1.807, 2.05) is 39.0 Å². The Bertz CT molecular complexity index is 480. The average Bonchev–Trinajstić information content (AvgIpc) is 2.66. The Morgan fingerprint density at radius 1 is 1.53 bits per heavy atom. The Balaban J connectivity index is 1.83. The zero-order valence-corrected chi connectivity index (χ0v) is 11.5. The highest BCUT2D eigenvalue weighted by molar-refractivity contribution is 5.67. The van der Waals surface area contributed by atoms with Crippen LogP contribution in [-0.4, -0.2) is 24.3 Å². The molecule has 1 amide bonds. The Morgan fingerprint density at radius 3 is 2.95 bits per heavy atom. The van der Waals surface area contributed by atoms with E-state index in [1.165, 1.54) is 0 Å². The van der Waals surface area contributed by atoms with E-state index < -0.39 is 11.7 Å². The molecule has 0 aromatic heterocycles. The molecule has 1 aliphatic rings. The van der Waals surface area contributed by atoms with E-state index in [-0.39, 0.29) is 6.10 Å². The van der Waals surface area contributed by atoms with Crippen molar-refractivity contribution in [2.24, 2.45) is 0 Å². The van der Waals surface area contributed by atoms with Gasteiger partial charge >= 0.3 is 6.09 Å². The molecule has 1 aromatic rings. The van der Waals surface area contributed by atoms with E-state index >= 15 is 0 Å². The van der Waals surface area contributed by atoms with Crippen molar-refractivity contribution in [3.8, 4) is 5.75 Å². The number of nitrogens with one attached hydrogen (secondary N) is 1. The van der Waals surface area contributed by atoms with Crippen molar-refractivity contribution in [1.82, 2.24) is 5.32 Å². The van der Waals surface area contributed by atoms with Gasteiger partial charge in [-0.2, -0.15) is 0 Å². The average molecular weight is 264 g/mol. The zero-order chi connectivity index (χ0) is 14.0. The molecule has 1 heterocycles. The van der Waals surface area contributed by atoms with Gasteiger partial charge in [-0.1, -0.05) is 6.07 Å². The molecule has 104 valence electrons. The highest BCUT2D eigenvalue weighted by Crippen LogP contribution is 2.30. The lowest BCUT2D eigenvalue weighted by Crippen LogP contribution is -2.38. The third-order valence-electron chi connectivity index (χ3n) is 2.71. The Morgan fingerprint density at radius 2 is 2.26 bits per heavy atom. The van der Waals surface area contributed by atoms with E-state index in [0.717, 1.165) is 17.7 Å². The number of nitrogens with two attached hydrogens (primary N) is 1. The number of alkyl carbamates (subject to hydrolysis) is 1. The van der Waals surface area contributed by atoms with Gasteiger partial charge in [-0.05, 0) is 32.4 Å². The lowest BCUT2D eigenvalue weighted by molar-refractivity contribution is 0.0506. The second-order valence-corrected chi connectivity index (χ2v) is 5.69. The standard InChI is InChI=1S/C14H20N2O3/c1-14(2,3)19-13(17)16-8-11-6-9-4-5-10(15)7-12(9)18-11/h4-5,7,11H,6,8,15H2,1-3H3,(H,16,17)/t11-/m1/s1. The van der Waals surface area contributed by atoms with Crippen LogP contribution < -0.4 is 15.8 Å². The normalized spacial score (nSPS) is 17.5. The molecule has 5 nitrogen and oxygen atoms in total. The van der Waals surface area contributed by atoms with Gasteiger partial charge in [-0.25, -0.2) is 4.79 Å². The number of nitrogen functional groups attached to an aromatic ring is 1. The first kappa shape index (κ1) is 13.5. The SMILES string of the molecule is CC(C)(C)OC(=O)NC[C@H]1Cc2ccc(N)cc2O1. The molecule has 0 bridgehead atoms. The molecule has 0 radical (unpaired) electrons. The fourth-order valence-electron chi connectivity index (χ4n) is 1.94. The van der Waals surface area contributed by atoms with Gasteiger partial charge in [0.05, 0.1) is 6.54 Å². The molecule has 3 N–H and O–H groups in total. The first-order chi connectivity index (χ1) is 8.83. The van der Waals surface area contributed by atoms with Gasteiger partial charge in [0.1, 0.15) is 17.5 Å². The van der Waals surface area contributed by atoms with E-state index in [0.29, 0.717) is 12.2 Å². The van der Waals surface area contributed by atoms with Gasteiger partial charge in [0.2, 0.25) is 0 Å². The van der Waals surface area contributed by atoms with Gasteiger partial charge in [-0.15, -0.1) is 0 Å². The van der Waals surface area contributed by atoms with Crippen molar-refractivity contribution in [1.29, 1.82) is 0 Å².